The smallest absolute Gasteiger partial charge is 0.0877 e. The van der Waals surface area contributed by atoms with Gasteiger partial charge in [0.25, 0.3) is 0 Å². The van der Waals surface area contributed by atoms with Crippen molar-refractivity contribution in [3.63, 3.8) is 0 Å². The quantitative estimate of drug-likeness (QED) is 0.905. The maximum atomic E-state index is 6.59. The standard InChI is InChI=1S/C16H26N2O/c1-4-19-16(8-5-6-12(2)10-16)15(17)14-11-18-9-7-13(14)3/h7,9,11-12,15H,4-6,8,10,17H2,1-3H3. The van der Waals surface area contributed by atoms with Crippen LogP contribution in [-0.2, 0) is 4.74 Å². The average Bonchev–Trinajstić information content (AvgIpc) is 2.39. The van der Waals surface area contributed by atoms with Crippen LogP contribution in [0.1, 0.15) is 56.7 Å². The lowest BCUT2D eigenvalue weighted by Gasteiger charge is -2.44. The lowest BCUT2D eigenvalue weighted by molar-refractivity contribution is -0.0940. The van der Waals surface area contributed by atoms with Crippen molar-refractivity contribution in [3.05, 3.63) is 29.6 Å². The fourth-order valence-electron chi connectivity index (χ4n) is 3.42. The maximum absolute atomic E-state index is 6.59. The monoisotopic (exact) mass is 262 g/mol. The van der Waals surface area contributed by atoms with Crippen LogP contribution >= 0.6 is 0 Å². The number of nitrogens with two attached hydrogens (primary N) is 1. The first kappa shape index (κ1) is 14.5. The van der Waals surface area contributed by atoms with Crippen molar-refractivity contribution in [3.8, 4) is 0 Å². The molecule has 1 aliphatic carbocycles. The first-order chi connectivity index (χ1) is 9.09. The third-order valence-electron chi connectivity index (χ3n) is 4.40. The van der Waals surface area contributed by atoms with Crippen LogP contribution in [0.5, 0.6) is 0 Å². The Hall–Kier alpha value is -0.930. The molecule has 3 nitrogen and oxygen atoms in total. The van der Waals surface area contributed by atoms with Crippen LogP contribution in [0.4, 0.5) is 0 Å². The van der Waals surface area contributed by atoms with Crippen LogP contribution in [-0.4, -0.2) is 17.2 Å². The summed E-state index contributed by atoms with van der Waals surface area (Å²) < 4.78 is 6.16. The molecule has 19 heavy (non-hydrogen) atoms. The van der Waals surface area contributed by atoms with Crippen molar-refractivity contribution < 1.29 is 4.74 Å². The second-order valence-electron chi connectivity index (χ2n) is 5.91. The number of aromatic nitrogens is 1. The van der Waals surface area contributed by atoms with Crippen LogP contribution < -0.4 is 5.73 Å². The van der Waals surface area contributed by atoms with E-state index < -0.39 is 0 Å². The zero-order chi connectivity index (χ0) is 13.9. The third-order valence-corrected chi connectivity index (χ3v) is 4.40. The molecule has 0 bridgehead atoms. The summed E-state index contributed by atoms with van der Waals surface area (Å²) in [6.45, 7) is 7.18. The van der Waals surface area contributed by atoms with Gasteiger partial charge in [-0.2, -0.15) is 0 Å². The Morgan fingerprint density at radius 1 is 1.58 bits per heavy atom. The fraction of sp³-hybridized carbons (Fsp3) is 0.688. The van der Waals surface area contributed by atoms with Gasteiger partial charge in [0, 0.05) is 19.0 Å². The molecule has 0 saturated heterocycles. The van der Waals surface area contributed by atoms with Crippen LogP contribution in [0.3, 0.4) is 0 Å². The maximum Gasteiger partial charge on any atom is 0.0877 e. The minimum Gasteiger partial charge on any atom is -0.373 e. The minimum absolute atomic E-state index is 0.0797. The van der Waals surface area contributed by atoms with Gasteiger partial charge in [-0.1, -0.05) is 19.8 Å². The molecule has 3 heteroatoms. The summed E-state index contributed by atoms with van der Waals surface area (Å²) in [7, 11) is 0. The number of pyridine rings is 1. The minimum atomic E-state index is -0.208. The number of aryl methyl sites for hydroxylation is 1. The van der Waals surface area contributed by atoms with Crippen LogP contribution in [0, 0.1) is 12.8 Å². The van der Waals surface area contributed by atoms with Crippen molar-refractivity contribution in [2.45, 2.75) is 58.1 Å². The van der Waals surface area contributed by atoms with E-state index in [-0.39, 0.29) is 11.6 Å². The Balaban J connectivity index is 2.30. The normalized spacial score (nSPS) is 29.2. The van der Waals surface area contributed by atoms with Gasteiger partial charge >= 0.3 is 0 Å². The summed E-state index contributed by atoms with van der Waals surface area (Å²) in [4.78, 5) is 4.24. The Bertz CT molecular complexity index is 417. The van der Waals surface area contributed by atoms with Crippen molar-refractivity contribution in [2.75, 3.05) is 6.61 Å². The van der Waals surface area contributed by atoms with Crippen LogP contribution in [0.15, 0.2) is 18.5 Å². The molecule has 3 atom stereocenters. The predicted octanol–water partition coefficient (Wildman–Crippen LogP) is 3.38. The van der Waals surface area contributed by atoms with E-state index in [4.69, 9.17) is 10.5 Å². The largest absolute Gasteiger partial charge is 0.373 e. The molecular weight excluding hydrogens is 236 g/mol. The molecule has 2 N–H and O–H groups in total. The molecule has 1 fully saturated rings. The summed E-state index contributed by atoms with van der Waals surface area (Å²) in [5, 5.41) is 0. The second-order valence-corrected chi connectivity index (χ2v) is 5.91. The van der Waals surface area contributed by atoms with Crippen molar-refractivity contribution in [2.24, 2.45) is 11.7 Å². The van der Waals surface area contributed by atoms with Crippen LogP contribution in [0.2, 0.25) is 0 Å². The van der Waals surface area contributed by atoms with Gasteiger partial charge < -0.3 is 10.5 Å². The molecule has 1 saturated carbocycles. The number of ether oxygens (including phenoxy) is 1. The SMILES string of the molecule is CCOC1(C(N)c2cnccc2C)CCCC(C)C1. The van der Waals surface area contributed by atoms with Gasteiger partial charge in [-0.05, 0) is 49.8 Å². The average molecular weight is 262 g/mol. The number of hydrogen-bond donors (Lipinski definition) is 1. The first-order valence-corrected chi connectivity index (χ1v) is 7.39. The first-order valence-electron chi connectivity index (χ1n) is 7.39. The van der Waals surface area contributed by atoms with Crippen molar-refractivity contribution in [1.29, 1.82) is 0 Å². The van der Waals surface area contributed by atoms with Gasteiger partial charge in [-0.25, -0.2) is 0 Å². The number of rotatable bonds is 4. The summed E-state index contributed by atoms with van der Waals surface area (Å²) in [6, 6.07) is 1.95. The molecule has 0 aromatic carbocycles. The number of nitrogens with zero attached hydrogens (tertiary/aromatic N) is 1. The van der Waals surface area contributed by atoms with E-state index in [1.165, 1.54) is 18.4 Å². The van der Waals surface area contributed by atoms with E-state index in [9.17, 15) is 0 Å². The second kappa shape index (κ2) is 6.02. The molecule has 1 aromatic rings. The summed E-state index contributed by atoms with van der Waals surface area (Å²) in [5.41, 5.74) is 8.72. The Labute approximate surface area is 116 Å². The van der Waals surface area contributed by atoms with Gasteiger partial charge in [0.15, 0.2) is 0 Å². The molecule has 1 heterocycles. The molecular formula is C16H26N2O. The molecule has 2 rings (SSSR count). The third kappa shape index (κ3) is 2.98. The zero-order valence-corrected chi connectivity index (χ0v) is 12.4. The highest BCUT2D eigenvalue weighted by molar-refractivity contribution is 5.27. The van der Waals surface area contributed by atoms with Gasteiger partial charge in [0.2, 0.25) is 0 Å². The molecule has 0 aliphatic heterocycles. The molecule has 1 aliphatic rings. The fourth-order valence-corrected chi connectivity index (χ4v) is 3.42. The van der Waals surface area contributed by atoms with Gasteiger partial charge in [-0.15, -0.1) is 0 Å². The Morgan fingerprint density at radius 3 is 3.00 bits per heavy atom. The highest BCUT2D eigenvalue weighted by atomic mass is 16.5. The molecule has 1 aromatic heterocycles. The van der Waals surface area contributed by atoms with Crippen molar-refractivity contribution in [1.82, 2.24) is 4.98 Å². The van der Waals surface area contributed by atoms with Gasteiger partial charge in [-0.3, -0.25) is 4.98 Å². The molecule has 0 spiro atoms. The van der Waals surface area contributed by atoms with Gasteiger partial charge in [0.1, 0.15) is 0 Å². The van der Waals surface area contributed by atoms with E-state index >= 15 is 0 Å². The van der Waals surface area contributed by atoms with E-state index in [2.05, 4.69) is 25.8 Å². The predicted molar refractivity (Wildman–Crippen MR) is 77.9 cm³/mol. The summed E-state index contributed by atoms with van der Waals surface area (Å²) in [5.74, 6) is 0.684. The lowest BCUT2D eigenvalue weighted by atomic mass is 9.72. The molecule has 106 valence electrons. The topological polar surface area (TPSA) is 48.1 Å². The van der Waals surface area contributed by atoms with E-state index in [0.717, 1.165) is 25.0 Å². The molecule has 0 amide bonds. The molecule has 0 radical (unpaired) electrons. The zero-order valence-electron chi connectivity index (χ0n) is 12.4. The lowest BCUT2D eigenvalue weighted by Crippen LogP contribution is -2.47. The summed E-state index contributed by atoms with van der Waals surface area (Å²) >= 11 is 0. The Kier molecular flexibility index (Phi) is 4.58. The van der Waals surface area contributed by atoms with E-state index in [1.807, 2.05) is 18.5 Å². The highest BCUT2D eigenvalue weighted by Gasteiger charge is 2.42. The number of hydrogen-bond acceptors (Lipinski definition) is 3. The molecule has 3 unspecified atom stereocenters. The van der Waals surface area contributed by atoms with E-state index in [0.29, 0.717) is 5.92 Å². The summed E-state index contributed by atoms with van der Waals surface area (Å²) in [6.07, 6.45) is 8.32. The van der Waals surface area contributed by atoms with E-state index in [1.54, 1.807) is 0 Å². The highest BCUT2D eigenvalue weighted by Crippen LogP contribution is 2.42. The van der Waals surface area contributed by atoms with Gasteiger partial charge in [0.05, 0.1) is 11.6 Å². The van der Waals surface area contributed by atoms with Crippen LogP contribution in [0.25, 0.3) is 0 Å². The van der Waals surface area contributed by atoms with Crippen molar-refractivity contribution >= 4 is 0 Å². The Morgan fingerprint density at radius 2 is 2.37 bits per heavy atom.